The average Bonchev–Trinajstić information content (AvgIpc) is 2.67. The van der Waals surface area contributed by atoms with Crippen molar-refractivity contribution in [2.75, 3.05) is 5.75 Å². The Morgan fingerprint density at radius 3 is 2.50 bits per heavy atom. The van der Waals surface area contributed by atoms with Crippen LogP contribution in [-0.4, -0.2) is 31.3 Å². The van der Waals surface area contributed by atoms with Gasteiger partial charge in [-0.2, -0.15) is 0 Å². The monoisotopic (exact) mass is 267 g/mol. The molecule has 2 rings (SSSR count). The van der Waals surface area contributed by atoms with Gasteiger partial charge in [0, 0.05) is 18.0 Å². The van der Waals surface area contributed by atoms with Crippen molar-refractivity contribution in [3.8, 4) is 0 Å². The van der Waals surface area contributed by atoms with Gasteiger partial charge in [0.2, 0.25) is 0 Å². The lowest BCUT2D eigenvalue weighted by Gasteiger charge is -2.09. The third-order valence-electron chi connectivity index (χ3n) is 2.70. The van der Waals surface area contributed by atoms with E-state index < -0.39 is 15.8 Å². The second-order valence-corrected chi connectivity index (χ2v) is 6.08. The van der Waals surface area contributed by atoms with Crippen LogP contribution in [0, 0.1) is 0 Å². The Hall–Kier alpha value is -1.66. The smallest absolute Gasteiger partial charge is 0.335 e. The van der Waals surface area contributed by atoms with Crippen LogP contribution in [0.5, 0.6) is 0 Å². The van der Waals surface area contributed by atoms with Crippen molar-refractivity contribution < 1.29 is 18.3 Å². The molecule has 0 radical (unpaired) electrons. The molecule has 96 valence electrons. The minimum atomic E-state index is -3.04. The predicted octanol–water partition coefficient (Wildman–Crippen LogP) is 0.785. The number of aromatic carboxylic acids is 1. The van der Waals surface area contributed by atoms with Crippen molar-refractivity contribution in [2.45, 2.75) is 12.6 Å². The SMILES string of the molecule is O=C(O)c1ccc(CNC2C=CS(=O)(=O)C2)cc1. The summed E-state index contributed by atoms with van der Waals surface area (Å²) in [5.41, 5.74) is 1.15. The zero-order valence-corrected chi connectivity index (χ0v) is 10.4. The number of sulfone groups is 1. The molecule has 1 aliphatic rings. The molecule has 1 atom stereocenters. The van der Waals surface area contributed by atoms with Crippen molar-refractivity contribution in [2.24, 2.45) is 0 Å². The van der Waals surface area contributed by atoms with Crippen LogP contribution in [0.4, 0.5) is 0 Å². The average molecular weight is 267 g/mol. The predicted molar refractivity (Wildman–Crippen MR) is 67.0 cm³/mol. The normalized spacial score (nSPS) is 21.0. The van der Waals surface area contributed by atoms with Crippen molar-refractivity contribution in [1.29, 1.82) is 0 Å². The fraction of sp³-hybridized carbons (Fsp3) is 0.250. The molecule has 0 bridgehead atoms. The summed E-state index contributed by atoms with van der Waals surface area (Å²) < 4.78 is 22.4. The van der Waals surface area contributed by atoms with Gasteiger partial charge < -0.3 is 10.4 Å². The highest BCUT2D eigenvalue weighted by molar-refractivity contribution is 7.94. The van der Waals surface area contributed by atoms with E-state index in [9.17, 15) is 13.2 Å². The lowest BCUT2D eigenvalue weighted by Crippen LogP contribution is -2.29. The summed E-state index contributed by atoms with van der Waals surface area (Å²) >= 11 is 0. The first-order valence-corrected chi connectivity index (χ1v) is 7.14. The summed E-state index contributed by atoms with van der Waals surface area (Å²) in [7, 11) is -3.04. The Labute approximate surface area is 105 Å². The summed E-state index contributed by atoms with van der Waals surface area (Å²) in [6.45, 7) is 0.504. The fourth-order valence-electron chi connectivity index (χ4n) is 1.72. The highest BCUT2D eigenvalue weighted by Crippen LogP contribution is 2.09. The Balaban J connectivity index is 1.91. The Bertz CT molecular complexity index is 575. The van der Waals surface area contributed by atoms with E-state index in [2.05, 4.69) is 5.32 Å². The van der Waals surface area contributed by atoms with Gasteiger partial charge in [-0.05, 0) is 17.7 Å². The van der Waals surface area contributed by atoms with Crippen LogP contribution < -0.4 is 5.32 Å². The minimum absolute atomic E-state index is 0.0835. The van der Waals surface area contributed by atoms with Gasteiger partial charge in [0.05, 0.1) is 11.3 Å². The minimum Gasteiger partial charge on any atom is -0.478 e. The van der Waals surface area contributed by atoms with E-state index in [1.807, 2.05) is 0 Å². The molecule has 6 heteroatoms. The highest BCUT2D eigenvalue weighted by atomic mass is 32.2. The first kappa shape index (κ1) is 12.8. The largest absolute Gasteiger partial charge is 0.478 e. The number of hydrogen-bond donors (Lipinski definition) is 2. The third kappa shape index (κ3) is 3.18. The second-order valence-electron chi connectivity index (χ2n) is 4.15. The van der Waals surface area contributed by atoms with Crippen molar-refractivity contribution >= 4 is 15.8 Å². The van der Waals surface area contributed by atoms with Crippen LogP contribution in [0.15, 0.2) is 35.7 Å². The number of carboxylic acid groups (broad SMARTS) is 1. The molecule has 1 aromatic rings. The first-order valence-electron chi connectivity index (χ1n) is 5.43. The standard InChI is InChI=1S/C12H13NO4S/c14-12(15)10-3-1-9(2-4-10)7-13-11-5-6-18(16,17)8-11/h1-6,11,13H,7-8H2,(H,14,15). The fourth-order valence-corrected chi connectivity index (χ4v) is 2.99. The van der Waals surface area contributed by atoms with E-state index in [-0.39, 0.29) is 17.4 Å². The molecule has 0 saturated heterocycles. The molecule has 5 nitrogen and oxygen atoms in total. The summed E-state index contributed by atoms with van der Waals surface area (Å²) in [6, 6.07) is 6.31. The van der Waals surface area contributed by atoms with E-state index >= 15 is 0 Å². The number of rotatable bonds is 4. The Morgan fingerprint density at radius 2 is 2.00 bits per heavy atom. The molecule has 1 aromatic carbocycles. The lowest BCUT2D eigenvalue weighted by atomic mass is 10.1. The number of carboxylic acids is 1. The lowest BCUT2D eigenvalue weighted by molar-refractivity contribution is 0.0697. The zero-order chi connectivity index (χ0) is 13.2. The maximum atomic E-state index is 11.2. The van der Waals surface area contributed by atoms with E-state index in [0.29, 0.717) is 6.54 Å². The Morgan fingerprint density at radius 1 is 1.33 bits per heavy atom. The highest BCUT2D eigenvalue weighted by Gasteiger charge is 2.20. The van der Waals surface area contributed by atoms with Crippen molar-refractivity contribution in [3.63, 3.8) is 0 Å². The van der Waals surface area contributed by atoms with E-state index in [1.165, 1.54) is 17.5 Å². The molecule has 18 heavy (non-hydrogen) atoms. The van der Waals surface area contributed by atoms with Crippen molar-refractivity contribution in [3.05, 3.63) is 46.9 Å². The van der Waals surface area contributed by atoms with E-state index in [1.54, 1.807) is 18.2 Å². The molecule has 1 aliphatic heterocycles. The first-order chi connectivity index (χ1) is 8.46. The molecule has 1 unspecified atom stereocenters. The summed E-state index contributed by atoms with van der Waals surface area (Å²) in [5.74, 6) is -0.875. The molecule has 2 N–H and O–H groups in total. The van der Waals surface area contributed by atoms with Gasteiger partial charge in [-0.15, -0.1) is 0 Å². The van der Waals surface area contributed by atoms with Crippen LogP contribution in [0.25, 0.3) is 0 Å². The number of nitrogens with one attached hydrogen (secondary N) is 1. The Kier molecular flexibility index (Phi) is 3.49. The summed E-state index contributed by atoms with van der Waals surface area (Å²) in [4.78, 5) is 10.7. The molecule has 0 aliphatic carbocycles. The van der Waals surface area contributed by atoms with Crippen LogP contribution in [0.3, 0.4) is 0 Å². The topological polar surface area (TPSA) is 83.5 Å². The number of benzene rings is 1. The molecular formula is C12H13NO4S. The van der Waals surface area contributed by atoms with Gasteiger partial charge in [-0.3, -0.25) is 0 Å². The van der Waals surface area contributed by atoms with E-state index in [4.69, 9.17) is 5.11 Å². The number of hydrogen-bond acceptors (Lipinski definition) is 4. The maximum absolute atomic E-state index is 11.2. The number of carbonyl (C=O) groups is 1. The molecule has 0 aromatic heterocycles. The quantitative estimate of drug-likeness (QED) is 0.842. The summed E-state index contributed by atoms with van der Waals surface area (Å²) in [6.07, 6.45) is 1.63. The van der Waals surface area contributed by atoms with Gasteiger partial charge in [0.1, 0.15) is 0 Å². The molecule has 1 heterocycles. The maximum Gasteiger partial charge on any atom is 0.335 e. The molecule has 0 amide bonds. The van der Waals surface area contributed by atoms with Crippen LogP contribution in [0.1, 0.15) is 15.9 Å². The van der Waals surface area contributed by atoms with Gasteiger partial charge >= 0.3 is 5.97 Å². The summed E-state index contributed by atoms with van der Waals surface area (Å²) in [5, 5.41) is 13.1. The van der Waals surface area contributed by atoms with Gasteiger partial charge in [0.25, 0.3) is 0 Å². The van der Waals surface area contributed by atoms with Crippen molar-refractivity contribution in [1.82, 2.24) is 5.32 Å². The molecule has 0 saturated carbocycles. The molecule has 0 fully saturated rings. The van der Waals surface area contributed by atoms with E-state index in [0.717, 1.165) is 5.56 Å². The second kappa shape index (κ2) is 4.91. The zero-order valence-electron chi connectivity index (χ0n) is 9.54. The third-order valence-corrected chi connectivity index (χ3v) is 4.09. The van der Waals surface area contributed by atoms with Gasteiger partial charge in [-0.25, -0.2) is 13.2 Å². The van der Waals surface area contributed by atoms with Gasteiger partial charge in [0.15, 0.2) is 9.84 Å². The van der Waals surface area contributed by atoms with Gasteiger partial charge in [-0.1, -0.05) is 18.2 Å². The van der Waals surface area contributed by atoms with Crippen LogP contribution >= 0.6 is 0 Å². The molecule has 0 spiro atoms. The van der Waals surface area contributed by atoms with Crippen LogP contribution in [0.2, 0.25) is 0 Å². The molecular weight excluding hydrogens is 254 g/mol. The van der Waals surface area contributed by atoms with Crippen LogP contribution in [-0.2, 0) is 16.4 Å².